The predicted octanol–water partition coefficient (Wildman–Crippen LogP) is 3.22. The van der Waals surface area contributed by atoms with Gasteiger partial charge >= 0.3 is 0 Å². The fourth-order valence-electron chi connectivity index (χ4n) is 2.36. The zero-order valence-electron chi connectivity index (χ0n) is 10.6. The number of halogens is 1. The van der Waals surface area contributed by atoms with Crippen LogP contribution in [0.5, 0.6) is 0 Å². The molecule has 0 saturated carbocycles. The van der Waals surface area contributed by atoms with Crippen molar-refractivity contribution < 1.29 is 0 Å². The summed E-state index contributed by atoms with van der Waals surface area (Å²) >= 11 is 3.45. The molecule has 1 aliphatic rings. The minimum Gasteiger partial charge on any atom is -0.327 e. The summed E-state index contributed by atoms with van der Waals surface area (Å²) in [6, 6.07) is 2.47. The Morgan fingerprint density at radius 2 is 2.32 bits per heavy atom. The van der Waals surface area contributed by atoms with E-state index in [2.05, 4.69) is 27.1 Å². The highest BCUT2D eigenvalue weighted by molar-refractivity contribution is 7.14. The molecular formula is C13H18ClN3S2. The first-order valence-corrected chi connectivity index (χ1v) is 8.08. The molecule has 2 aromatic rings. The summed E-state index contributed by atoms with van der Waals surface area (Å²) in [5.41, 5.74) is 8.42. The van der Waals surface area contributed by atoms with Crippen LogP contribution in [0, 0.1) is 0 Å². The summed E-state index contributed by atoms with van der Waals surface area (Å²) in [7, 11) is 0. The number of hydrogen-bond donors (Lipinski definition) is 1. The summed E-state index contributed by atoms with van der Waals surface area (Å²) in [4.78, 5) is 7.13. The standard InChI is InChI=1S/C13H17N3S2.ClH/c14-11-2-1-4-16(6-11)7-12-9-18-13(15-12)10-3-5-17-8-10;/h3,5,8-9,11H,1-2,4,6-7,14H2;1H. The van der Waals surface area contributed by atoms with Gasteiger partial charge in [0.05, 0.1) is 5.69 Å². The Hall–Kier alpha value is -0.460. The minimum absolute atomic E-state index is 0. The molecule has 0 bridgehead atoms. The SMILES string of the molecule is Cl.NC1CCCN(Cc2csc(-c3ccsc3)n2)C1. The Labute approximate surface area is 127 Å². The first-order chi connectivity index (χ1) is 8.81. The smallest absolute Gasteiger partial charge is 0.124 e. The molecule has 0 spiro atoms. The molecule has 2 aromatic heterocycles. The lowest BCUT2D eigenvalue weighted by Gasteiger charge is -2.29. The zero-order chi connectivity index (χ0) is 12.4. The number of rotatable bonds is 3. The Morgan fingerprint density at radius 1 is 1.42 bits per heavy atom. The van der Waals surface area contributed by atoms with Gasteiger partial charge in [0.2, 0.25) is 0 Å². The number of likely N-dealkylation sites (tertiary alicyclic amines) is 1. The van der Waals surface area contributed by atoms with E-state index in [0.29, 0.717) is 6.04 Å². The average molecular weight is 316 g/mol. The third kappa shape index (κ3) is 3.77. The quantitative estimate of drug-likeness (QED) is 0.945. The number of piperidine rings is 1. The van der Waals surface area contributed by atoms with Crippen molar-refractivity contribution in [3.05, 3.63) is 27.9 Å². The zero-order valence-corrected chi connectivity index (χ0v) is 13.1. The van der Waals surface area contributed by atoms with E-state index in [4.69, 9.17) is 10.7 Å². The highest BCUT2D eigenvalue weighted by Crippen LogP contribution is 2.26. The second-order valence-corrected chi connectivity index (χ2v) is 6.43. The van der Waals surface area contributed by atoms with Crippen LogP contribution in [-0.2, 0) is 6.54 Å². The maximum Gasteiger partial charge on any atom is 0.124 e. The molecule has 1 atom stereocenters. The Kier molecular flexibility index (Phi) is 5.36. The molecule has 1 unspecified atom stereocenters. The lowest BCUT2D eigenvalue weighted by molar-refractivity contribution is 0.200. The van der Waals surface area contributed by atoms with Crippen molar-refractivity contribution >= 4 is 35.1 Å². The van der Waals surface area contributed by atoms with E-state index in [0.717, 1.165) is 31.1 Å². The van der Waals surface area contributed by atoms with Crippen molar-refractivity contribution in [3.8, 4) is 10.6 Å². The highest BCUT2D eigenvalue weighted by Gasteiger charge is 2.17. The van der Waals surface area contributed by atoms with Gasteiger partial charge in [-0.05, 0) is 30.8 Å². The van der Waals surface area contributed by atoms with Gasteiger partial charge < -0.3 is 5.73 Å². The van der Waals surface area contributed by atoms with Crippen molar-refractivity contribution in [1.82, 2.24) is 9.88 Å². The first kappa shape index (κ1) is 14.9. The van der Waals surface area contributed by atoms with E-state index < -0.39 is 0 Å². The molecule has 3 rings (SSSR count). The lowest BCUT2D eigenvalue weighted by atomic mass is 10.1. The monoisotopic (exact) mass is 315 g/mol. The molecule has 1 fully saturated rings. The summed E-state index contributed by atoms with van der Waals surface area (Å²) in [6.07, 6.45) is 2.37. The third-order valence-corrected chi connectivity index (χ3v) is 4.87. The predicted molar refractivity (Wildman–Crippen MR) is 85.2 cm³/mol. The van der Waals surface area contributed by atoms with Crippen molar-refractivity contribution in [2.24, 2.45) is 5.73 Å². The molecule has 3 nitrogen and oxygen atoms in total. The number of thiophene rings is 1. The van der Waals surface area contributed by atoms with Crippen LogP contribution in [0.1, 0.15) is 18.5 Å². The molecular weight excluding hydrogens is 298 g/mol. The second kappa shape index (κ2) is 6.81. The molecule has 3 heterocycles. The van der Waals surface area contributed by atoms with Gasteiger partial charge in [-0.25, -0.2) is 4.98 Å². The number of nitrogens with zero attached hydrogens (tertiary/aromatic N) is 2. The second-order valence-electron chi connectivity index (χ2n) is 4.79. The van der Waals surface area contributed by atoms with Crippen molar-refractivity contribution in [2.45, 2.75) is 25.4 Å². The van der Waals surface area contributed by atoms with Gasteiger partial charge in [0.25, 0.3) is 0 Å². The van der Waals surface area contributed by atoms with Crippen LogP contribution >= 0.6 is 35.1 Å². The van der Waals surface area contributed by atoms with E-state index in [1.165, 1.54) is 17.7 Å². The fraction of sp³-hybridized carbons (Fsp3) is 0.462. The molecule has 6 heteroatoms. The van der Waals surface area contributed by atoms with Gasteiger partial charge in [0.1, 0.15) is 5.01 Å². The number of thiazole rings is 1. The summed E-state index contributed by atoms with van der Waals surface area (Å²) in [6.45, 7) is 3.10. The fourth-order valence-corrected chi connectivity index (χ4v) is 3.89. The molecule has 0 radical (unpaired) electrons. The molecule has 1 saturated heterocycles. The lowest BCUT2D eigenvalue weighted by Crippen LogP contribution is -2.42. The van der Waals surface area contributed by atoms with Crippen molar-refractivity contribution in [1.29, 1.82) is 0 Å². The van der Waals surface area contributed by atoms with Crippen LogP contribution in [0.25, 0.3) is 10.6 Å². The topological polar surface area (TPSA) is 42.1 Å². The number of aromatic nitrogens is 1. The number of nitrogens with two attached hydrogens (primary N) is 1. The Balaban J connectivity index is 0.00000133. The van der Waals surface area contributed by atoms with E-state index in [1.807, 2.05) is 0 Å². The van der Waals surface area contributed by atoms with Gasteiger partial charge in [-0.15, -0.1) is 23.7 Å². The molecule has 0 amide bonds. The molecule has 104 valence electrons. The summed E-state index contributed by atoms with van der Waals surface area (Å²) in [5, 5.41) is 7.56. The molecule has 0 aliphatic carbocycles. The van der Waals surface area contributed by atoms with Gasteiger partial charge in [0.15, 0.2) is 0 Å². The third-order valence-electron chi connectivity index (χ3n) is 3.25. The van der Waals surface area contributed by atoms with E-state index in [-0.39, 0.29) is 12.4 Å². The molecule has 19 heavy (non-hydrogen) atoms. The van der Waals surface area contributed by atoms with Crippen LogP contribution in [0.4, 0.5) is 0 Å². The van der Waals surface area contributed by atoms with E-state index in [1.54, 1.807) is 22.7 Å². The van der Waals surface area contributed by atoms with Gasteiger partial charge in [-0.3, -0.25) is 4.90 Å². The van der Waals surface area contributed by atoms with Crippen molar-refractivity contribution in [2.75, 3.05) is 13.1 Å². The van der Waals surface area contributed by atoms with Crippen LogP contribution in [-0.4, -0.2) is 29.0 Å². The maximum atomic E-state index is 6.00. The first-order valence-electron chi connectivity index (χ1n) is 6.26. The van der Waals surface area contributed by atoms with Crippen molar-refractivity contribution in [3.63, 3.8) is 0 Å². The average Bonchev–Trinajstić information content (AvgIpc) is 2.98. The summed E-state index contributed by atoms with van der Waals surface area (Å²) < 4.78 is 0. The van der Waals surface area contributed by atoms with Gasteiger partial charge in [-0.2, -0.15) is 11.3 Å². The highest BCUT2D eigenvalue weighted by atomic mass is 35.5. The maximum absolute atomic E-state index is 6.00. The molecule has 0 aromatic carbocycles. The van der Waals surface area contributed by atoms with E-state index in [9.17, 15) is 0 Å². The van der Waals surface area contributed by atoms with Crippen LogP contribution in [0.2, 0.25) is 0 Å². The van der Waals surface area contributed by atoms with Gasteiger partial charge in [0, 0.05) is 35.5 Å². The molecule has 1 aliphatic heterocycles. The molecule has 2 N–H and O–H groups in total. The normalized spacial score (nSPS) is 20.2. The van der Waals surface area contributed by atoms with Crippen LogP contribution < -0.4 is 5.73 Å². The largest absolute Gasteiger partial charge is 0.327 e. The van der Waals surface area contributed by atoms with Crippen LogP contribution in [0.3, 0.4) is 0 Å². The summed E-state index contributed by atoms with van der Waals surface area (Å²) in [5.74, 6) is 0. The minimum atomic E-state index is 0. The van der Waals surface area contributed by atoms with E-state index >= 15 is 0 Å². The Morgan fingerprint density at radius 3 is 3.05 bits per heavy atom. The Bertz CT molecular complexity index is 498. The number of hydrogen-bond acceptors (Lipinski definition) is 5. The van der Waals surface area contributed by atoms with Crippen LogP contribution in [0.15, 0.2) is 22.2 Å². The van der Waals surface area contributed by atoms with Gasteiger partial charge in [-0.1, -0.05) is 0 Å².